The second kappa shape index (κ2) is 6.59. The fourth-order valence-electron chi connectivity index (χ4n) is 1.85. The van der Waals surface area contributed by atoms with E-state index in [1.807, 2.05) is 24.3 Å². The first kappa shape index (κ1) is 12.4. The van der Waals surface area contributed by atoms with Gasteiger partial charge in [0, 0.05) is 26.2 Å². The van der Waals surface area contributed by atoms with Crippen LogP contribution < -0.4 is 10.1 Å². The second-order valence-corrected chi connectivity index (χ2v) is 4.19. The summed E-state index contributed by atoms with van der Waals surface area (Å²) < 4.78 is 10.8. The van der Waals surface area contributed by atoms with Crippen molar-refractivity contribution < 1.29 is 9.47 Å². The van der Waals surface area contributed by atoms with Crippen molar-refractivity contribution in [3.8, 4) is 5.75 Å². The van der Waals surface area contributed by atoms with Gasteiger partial charge in [0.05, 0.1) is 20.4 Å². The summed E-state index contributed by atoms with van der Waals surface area (Å²) in [6.07, 6.45) is 0. The Hall–Kier alpha value is -1.10. The summed E-state index contributed by atoms with van der Waals surface area (Å²) in [6.45, 7) is 5.64. The molecule has 0 aromatic heterocycles. The minimum Gasteiger partial charge on any atom is -0.497 e. The van der Waals surface area contributed by atoms with E-state index in [1.54, 1.807) is 7.11 Å². The van der Waals surface area contributed by atoms with E-state index in [0.29, 0.717) is 13.3 Å². The molecule has 1 aromatic carbocycles. The Labute approximate surface area is 103 Å². The third-order valence-corrected chi connectivity index (χ3v) is 2.91. The molecule has 1 aromatic rings. The van der Waals surface area contributed by atoms with Crippen molar-refractivity contribution >= 4 is 0 Å². The van der Waals surface area contributed by atoms with Gasteiger partial charge in [-0.3, -0.25) is 4.90 Å². The summed E-state index contributed by atoms with van der Waals surface area (Å²) in [5.74, 6) is 0.885. The fourth-order valence-corrected chi connectivity index (χ4v) is 1.85. The van der Waals surface area contributed by atoms with Gasteiger partial charge in [-0.15, -0.1) is 0 Å². The molecule has 0 atom stereocenters. The van der Waals surface area contributed by atoms with E-state index in [4.69, 9.17) is 9.47 Å². The van der Waals surface area contributed by atoms with Crippen LogP contribution in [0, 0.1) is 0 Å². The van der Waals surface area contributed by atoms with E-state index in [-0.39, 0.29) is 0 Å². The van der Waals surface area contributed by atoms with Crippen molar-refractivity contribution in [2.24, 2.45) is 0 Å². The highest BCUT2D eigenvalue weighted by molar-refractivity contribution is 5.26. The van der Waals surface area contributed by atoms with Crippen molar-refractivity contribution in [1.29, 1.82) is 0 Å². The maximum atomic E-state index is 5.69. The summed E-state index contributed by atoms with van der Waals surface area (Å²) >= 11 is 0. The van der Waals surface area contributed by atoms with Crippen LogP contribution in [0.2, 0.25) is 0 Å². The quantitative estimate of drug-likeness (QED) is 0.829. The molecule has 1 heterocycles. The van der Waals surface area contributed by atoms with E-state index < -0.39 is 0 Å². The summed E-state index contributed by atoms with van der Waals surface area (Å²) in [5.41, 5.74) is 1.18. The average Bonchev–Trinajstić information content (AvgIpc) is 2.41. The number of nitrogens with zero attached hydrogens (tertiary/aromatic N) is 1. The SMILES string of the molecule is COc1ccc(COCN2CCNCC2)cc1. The third kappa shape index (κ3) is 4.00. The molecule has 0 radical (unpaired) electrons. The van der Waals surface area contributed by atoms with Crippen LogP contribution >= 0.6 is 0 Å². The predicted molar refractivity (Wildman–Crippen MR) is 67.1 cm³/mol. The summed E-state index contributed by atoms with van der Waals surface area (Å²) in [4.78, 5) is 2.32. The van der Waals surface area contributed by atoms with Crippen molar-refractivity contribution in [1.82, 2.24) is 10.2 Å². The highest BCUT2D eigenvalue weighted by atomic mass is 16.5. The average molecular weight is 236 g/mol. The number of methoxy groups -OCH3 is 1. The highest BCUT2D eigenvalue weighted by Crippen LogP contribution is 2.11. The van der Waals surface area contributed by atoms with Crippen LogP contribution in [-0.2, 0) is 11.3 Å². The molecular weight excluding hydrogens is 216 g/mol. The Kier molecular flexibility index (Phi) is 4.79. The van der Waals surface area contributed by atoms with Gasteiger partial charge >= 0.3 is 0 Å². The molecule has 1 aliphatic heterocycles. The first-order valence-corrected chi connectivity index (χ1v) is 6.02. The predicted octanol–water partition coefficient (Wildman–Crippen LogP) is 1.07. The van der Waals surface area contributed by atoms with Gasteiger partial charge in [-0.2, -0.15) is 0 Å². The van der Waals surface area contributed by atoms with Gasteiger partial charge in [0.2, 0.25) is 0 Å². The Bertz CT molecular complexity index is 321. The van der Waals surface area contributed by atoms with Gasteiger partial charge in [-0.25, -0.2) is 0 Å². The number of rotatable bonds is 5. The highest BCUT2D eigenvalue weighted by Gasteiger charge is 2.08. The molecule has 94 valence electrons. The molecule has 1 fully saturated rings. The first-order chi connectivity index (χ1) is 8.38. The van der Waals surface area contributed by atoms with E-state index in [9.17, 15) is 0 Å². The molecule has 17 heavy (non-hydrogen) atoms. The lowest BCUT2D eigenvalue weighted by Crippen LogP contribution is -2.44. The van der Waals surface area contributed by atoms with Crippen LogP contribution in [0.3, 0.4) is 0 Å². The number of benzene rings is 1. The monoisotopic (exact) mass is 236 g/mol. The van der Waals surface area contributed by atoms with E-state index in [1.165, 1.54) is 5.56 Å². The number of piperazine rings is 1. The van der Waals surface area contributed by atoms with Gasteiger partial charge in [0.15, 0.2) is 0 Å². The standard InChI is InChI=1S/C13H20N2O2/c1-16-13-4-2-12(3-5-13)10-17-11-15-8-6-14-7-9-15/h2-5,14H,6-11H2,1H3. The Balaban J connectivity index is 1.69. The zero-order valence-corrected chi connectivity index (χ0v) is 10.3. The number of hydrogen-bond acceptors (Lipinski definition) is 4. The molecule has 2 rings (SSSR count). The van der Waals surface area contributed by atoms with Crippen LogP contribution in [0.15, 0.2) is 24.3 Å². The molecular formula is C13H20N2O2. The van der Waals surface area contributed by atoms with Crippen LogP contribution in [0.1, 0.15) is 5.56 Å². The van der Waals surface area contributed by atoms with Crippen molar-refractivity contribution in [3.05, 3.63) is 29.8 Å². The second-order valence-electron chi connectivity index (χ2n) is 4.19. The minimum absolute atomic E-state index is 0.661. The molecule has 0 bridgehead atoms. The topological polar surface area (TPSA) is 33.7 Å². The maximum absolute atomic E-state index is 5.69. The van der Waals surface area contributed by atoms with Gasteiger partial charge in [-0.1, -0.05) is 12.1 Å². The fraction of sp³-hybridized carbons (Fsp3) is 0.538. The summed E-state index contributed by atoms with van der Waals surface area (Å²) in [5, 5.41) is 3.32. The largest absolute Gasteiger partial charge is 0.497 e. The Morgan fingerprint density at radius 3 is 2.53 bits per heavy atom. The van der Waals surface area contributed by atoms with Crippen LogP contribution in [0.4, 0.5) is 0 Å². The number of ether oxygens (including phenoxy) is 2. The van der Waals surface area contributed by atoms with Crippen LogP contribution in [-0.4, -0.2) is 44.9 Å². The normalized spacial score (nSPS) is 17.0. The van der Waals surface area contributed by atoms with E-state index >= 15 is 0 Å². The van der Waals surface area contributed by atoms with Crippen LogP contribution in [0.5, 0.6) is 5.75 Å². The maximum Gasteiger partial charge on any atom is 0.118 e. The lowest BCUT2D eigenvalue weighted by Gasteiger charge is -2.26. The molecule has 0 amide bonds. The molecule has 0 unspecified atom stereocenters. The Morgan fingerprint density at radius 1 is 1.18 bits per heavy atom. The summed E-state index contributed by atoms with van der Waals surface area (Å²) in [7, 11) is 1.68. The molecule has 0 spiro atoms. The van der Waals surface area contributed by atoms with E-state index in [2.05, 4.69) is 10.2 Å². The molecule has 1 saturated heterocycles. The van der Waals surface area contributed by atoms with Crippen molar-refractivity contribution in [3.63, 3.8) is 0 Å². The van der Waals surface area contributed by atoms with Crippen molar-refractivity contribution in [2.75, 3.05) is 40.0 Å². The third-order valence-electron chi connectivity index (χ3n) is 2.91. The molecule has 4 heteroatoms. The number of nitrogens with one attached hydrogen (secondary N) is 1. The summed E-state index contributed by atoms with van der Waals surface area (Å²) in [6, 6.07) is 8.00. The zero-order valence-electron chi connectivity index (χ0n) is 10.3. The molecule has 0 aliphatic carbocycles. The van der Waals surface area contributed by atoms with Gasteiger partial charge in [0.25, 0.3) is 0 Å². The smallest absolute Gasteiger partial charge is 0.118 e. The molecule has 1 aliphatic rings. The lowest BCUT2D eigenvalue weighted by molar-refractivity contribution is 0.0131. The zero-order chi connectivity index (χ0) is 11.9. The van der Waals surface area contributed by atoms with Gasteiger partial charge in [-0.05, 0) is 17.7 Å². The Morgan fingerprint density at radius 2 is 1.88 bits per heavy atom. The first-order valence-electron chi connectivity index (χ1n) is 6.02. The van der Waals surface area contributed by atoms with Gasteiger partial charge in [0.1, 0.15) is 5.75 Å². The molecule has 1 N–H and O–H groups in total. The molecule has 0 saturated carbocycles. The lowest BCUT2D eigenvalue weighted by atomic mass is 10.2. The number of hydrogen-bond donors (Lipinski definition) is 1. The van der Waals surface area contributed by atoms with E-state index in [0.717, 1.165) is 31.9 Å². The van der Waals surface area contributed by atoms with Crippen LogP contribution in [0.25, 0.3) is 0 Å². The minimum atomic E-state index is 0.661. The molecule has 4 nitrogen and oxygen atoms in total. The van der Waals surface area contributed by atoms with Crippen molar-refractivity contribution in [2.45, 2.75) is 6.61 Å². The van der Waals surface area contributed by atoms with Gasteiger partial charge < -0.3 is 14.8 Å².